The number of fused-ring (bicyclic) bond motifs is 3. The van der Waals surface area contributed by atoms with Crippen LogP contribution in [0.4, 0.5) is 23.7 Å². The highest BCUT2D eigenvalue weighted by atomic mass is 19.4. The van der Waals surface area contributed by atoms with Crippen LogP contribution in [0.25, 0.3) is 11.1 Å². The average Bonchev–Trinajstić information content (AvgIpc) is 3.10. The molecule has 0 aromatic heterocycles. The Morgan fingerprint density at radius 3 is 2.27 bits per heavy atom. The molecule has 0 aliphatic heterocycles. The number of carbonyl (C=O) groups is 1. The number of alkyl carbamates (subject to hydrolysis) is 1. The zero-order valence-corrected chi connectivity index (χ0v) is 17.3. The van der Waals surface area contributed by atoms with Gasteiger partial charge in [0.15, 0.2) is 5.75 Å². The minimum absolute atomic E-state index is 0.0451. The summed E-state index contributed by atoms with van der Waals surface area (Å²) >= 11 is 0. The van der Waals surface area contributed by atoms with Crippen molar-refractivity contribution in [1.82, 2.24) is 5.32 Å². The lowest BCUT2D eigenvalue weighted by Gasteiger charge is -2.14. The fourth-order valence-corrected chi connectivity index (χ4v) is 3.74. The SMILES string of the molecule is Nc1ccc(C#CCNC(=O)OCC2c3ccccc3-c3ccccc32)cc1OC(F)(F)F. The lowest BCUT2D eigenvalue weighted by Crippen LogP contribution is -2.26. The monoisotopic (exact) mass is 452 g/mol. The molecule has 0 atom stereocenters. The molecule has 0 fully saturated rings. The number of alkyl halides is 3. The third-order valence-electron chi connectivity index (χ3n) is 5.14. The second kappa shape index (κ2) is 9.17. The average molecular weight is 452 g/mol. The van der Waals surface area contributed by atoms with Crippen LogP contribution in [0.15, 0.2) is 66.7 Å². The van der Waals surface area contributed by atoms with E-state index in [4.69, 9.17) is 10.5 Å². The van der Waals surface area contributed by atoms with Crippen LogP contribution in [0, 0.1) is 11.8 Å². The van der Waals surface area contributed by atoms with Gasteiger partial charge in [0, 0.05) is 11.5 Å². The Balaban J connectivity index is 1.33. The van der Waals surface area contributed by atoms with Crippen LogP contribution >= 0.6 is 0 Å². The van der Waals surface area contributed by atoms with Gasteiger partial charge in [-0.2, -0.15) is 0 Å². The first-order valence-electron chi connectivity index (χ1n) is 10.0. The molecule has 1 aliphatic carbocycles. The van der Waals surface area contributed by atoms with E-state index in [1.165, 1.54) is 12.1 Å². The Kier molecular flexibility index (Phi) is 6.13. The molecule has 4 rings (SSSR count). The van der Waals surface area contributed by atoms with Crippen molar-refractivity contribution >= 4 is 11.8 Å². The summed E-state index contributed by atoms with van der Waals surface area (Å²) in [5, 5.41) is 2.52. The van der Waals surface area contributed by atoms with Crippen LogP contribution < -0.4 is 15.8 Å². The van der Waals surface area contributed by atoms with Crippen LogP contribution in [0.5, 0.6) is 5.75 Å². The number of anilines is 1. The Morgan fingerprint density at radius 2 is 1.64 bits per heavy atom. The fraction of sp³-hybridized carbons (Fsp3) is 0.160. The summed E-state index contributed by atoms with van der Waals surface area (Å²) in [6.07, 6.45) is -5.49. The molecular formula is C25H19F3N2O3. The molecule has 1 aliphatic rings. The number of nitrogens with two attached hydrogens (primary N) is 1. The van der Waals surface area contributed by atoms with Crippen molar-refractivity contribution in [3.63, 3.8) is 0 Å². The molecule has 0 saturated carbocycles. The second-order valence-electron chi connectivity index (χ2n) is 7.28. The first kappa shape index (κ1) is 22.1. The number of nitrogens with one attached hydrogen (secondary N) is 1. The maximum Gasteiger partial charge on any atom is 0.573 e. The highest BCUT2D eigenvalue weighted by Gasteiger charge is 2.32. The Morgan fingerprint density at radius 1 is 1.00 bits per heavy atom. The smallest absolute Gasteiger partial charge is 0.449 e. The van der Waals surface area contributed by atoms with E-state index >= 15 is 0 Å². The number of halogens is 3. The minimum Gasteiger partial charge on any atom is -0.449 e. The first-order valence-corrected chi connectivity index (χ1v) is 10.0. The van der Waals surface area contributed by atoms with Gasteiger partial charge in [-0.3, -0.25) is 0 Å². The molecule has 0 unspecified atom stereocenters. The van der Waals surface area contributed by atoms with Gasteiger partial charge in [0.05, 0.1) is 12.2 Å². The van der Waals surface area contributed by atoms with E-state index in [9.17, 15) is 18.0 Å². The topological polar surface area (TPSA) is 73.6 Å². The predicted octanol–water partition coefficient (Wildman–Crippen LogP) is 5.06. The van der Waals surface area contributed by atoms with Gasteiger partial charge in [0.2, 0.25) is 0 Å². The Bertz CT molecular complexity index is 1200. The molecule has 0 spiro atoms. The first-order chi connectivity index (χ1) is 15.8. The number of nitrogen functional groups attached to an aromatic ring is 1. The molecule has 3 N–H and O–H groups in total. The molecule has 8 heteroatoms. The van der Waals surface area contributed by atoms with Crippen molar-refractivity contribution in [3.8, 4) is 28.7 Å². The van der Waals surface area contributed by atoms with Gasteiger partial charge in [-0.05, 0) is 40.5 Å². The lowest BCUT2D eigenvalue weighted by atomic mass is 9.98. The van der Waals surface area contributed by atoms with E-state index in [0.717, 1.165) is 28.3 Å². The van der Waals surface area contributed by atoms with E-state index in [-0.39, 0.29) is 30.3 Å². The number of rotatable bonds is 4. The van der Waals surface area contributed by atoms with Crippen molar-refractivity contribution in [2.45, 2.75) is 12.3 Å². The second-order valence-corrected chi connectivity index (χ2v) is 7.28. The van der Waals surface area contributed by atoms with Crippen molar-refractivity contribution < 1.29 is 27.4 Å². The van der Waals surface area contributed by atoms with E-state index < -0.39 is 18.2 Å². The van der Waals surface area contributed by atoms with Crippen molar-refractivity contribution in [1.29, 1.82) is 0 Å². The van der Waals surface area contributed by atoms with Gasteiger partial charge < -0.3 is 20.5 Å². The summed E-state index contributed by atoms with van der Waals surface area (Å²) in [4.78, 5) is 12.1. The largest absolute Gasteiger partial charge is 0.573 e. The van der Waals surface area contributed by atoms with E-state index in [2.05, 4.69) is 21.9 Å². The molecule has 1 amide bonds. The third kappa shape index (κ3) is 5.21. The molecule has 0 heterocycles. The van der Waals surface area contributed by atoms with Gasteiger partial charge in [-0.15, -0.1) is 13.2 Å². The van der Waals surface area contributed by atoms with E-state index in [0.29, 0.717) is 0 Å². The highest BCUT2D eigenvalue weighted by Crippen LogP contribution is 2.44. The lowest BCUT2D eigenvalue weighted by molar-refractivity contribution is -0.274. The number of ether oxygens (including phenoxy) is 2. The molecule has 0 bridgehead atoms. The predicted molar refractivity (Wildman–Crippen MR) is 117 cm³/mol. The fourth-order valence-electron chi connectivity index (χ4n) is 3.74. The summed E-state index contributed by atoms with van der Waals surface area (Å²) in [6, 6.07) is 19.8. The quantitative estimate of drug-likeness (QED) is 0.429. The van der Waals surface area contributed by atoms with Gasteiger partial charge in [0.1, 0.15) is 6.61 Å². The molecule has 33 heavy (non-hydrogen) atoms. The molecule has 168 valence electrons. The summed E-state index contributed by atoms with van der Waals surface area (Å²) < 4.78 is 46.5. The normalized spacial score (nSPS) is 12.2. The highest BCUT2D eigenvalue weighted by molar-refractivity contribution is 5.79. The molecule has 5 nitrogen and oxygen atoms in total. The van der Waals surface area contributed by atoms with Crippen LogP contribution in [-0.2, 0) is 4.74 Å². The van der Waals surface area contributed by atoms with Crippen molar-refractivity contribution in [2.75, 3.05) is 18.9 Å². The third-order valence-corrected chi connectivity index (χ3v) is 5.14. The zero-order chi connectivity index (χ0) is 23.4. The molecule has 3 aromatic carbocycles. The number of amides is 1. The molecule has 3 aromatic rings. The van der Waals surface area contributed by atoms with Crippen LogP contribution in [0.1, 0.15) is 22.6 Å². The van der Waals surface area contributed by atoms with Crippen LogP contribution in [0.3, 0.4) is 0 Å². The van der Waals surface area contributed by atoms with Crippen molar-refractivity contribution in [2.24, 2.45) is 0 Å². The summed E-state index contributed by atoms with van der Waals surface area (Å²) in [6.45, 7) is 0.125. The summed E-state index contributed by atoms with van der Waals surface area (Å²) in [5.74, 6) is 4.73. The van der Waals surface area contributed by atoms with Gasteiger partial charge in [-0.25, -0.2) is 4.79 Å². The van der Waals surface area contributed by atoms with Crippen LogP contribution in [-0.4, -0.2) is 25.6 Å². The molecular weight excluding hydrogens is 433 g/mol. The van der Waals surface area contributed by atoms with Gasteiger partial charge in [-0.1, -0.05) is 60.4 Å². The number of hydrogen-bond acceptors (Lipinski definition) is 4. The van der Waals surface area contributed by atoms with Crippen molar-refractivity contribution in [3.05, 3.63) is 83.4 Å². The minimum atomic E-state index is -4.86. The Hall–Kier alpha value is -4.12. The number of benzene rings is 3. The number of hydrogen-bond donors (Lipinski definition) is 2. The van der Waals surface area contributed by atoms with E-state index in [1.807, 2.05) is 48.5 Å². The van der Waals surface area contributed by atoms with Crippen LogP contribution in [0.2, 0.25) is 0 Å². The standard InChI is InChI=1S/C25H19F3N2O3/c26-25(27,28)33-23-14-16(11-12-22(23)29)6-5-13-30-24(31)32-15-21-19-9-3-1-7-17(19)18-8-2-4-10-20(18)21/h1-4,7-12,14,21H,13,15,29H2,(H,30,31). The number of carbonyl (C=O) groups excluding carboxylic acids is 1. The summed E-state index contributed by atoms with van der Waals surface area (Å²) in [7, 11) is 0. The molecule has 0 radical (unpaired) electrons. The Labute approximate surface area is 188 Å². The van der Waals surface area contributed by atoms with E-state index in [1.54, 1.807) is 0 Å². The maximum absolute atomic E-state index is 12.4. The summed E-state index contributed by atoms with van der Waals surface area (Å²) in [5.41, 5.74) is 10.1. The maximum atomic E-state index is 12.4. The van der Waals surface area contributed by atoms with Gasteiger partial charge in [0.25, 0.3) is 0 Å². The zero-order valence-electron chi connectivity index (χ0n) is 17.3. The van der Waals surface area contributed by atoms with Gasteiger partial charge >= 0.3 is 12.5 Å². The molecule has 0 saturated heterocycles.